The van der Waals surface area contributed by atoms with Gasteiger partial charge in [-0.25, -0.2) is 13.6 Å². The average Bonchev–Trinajstić information content (AvgIpc) is 3.39. The molecule has 1 aromatic heterocycles. The van der Waals surface area contributed by atoms with Gasteiger partial charge in [0, 0.05) is 29.6 Å². The van der Waals surface area contributed by atoms with E-state index in [4.69, 9.17) is 0 Å². The van der Waals surface area contributed by atoms with Crippen LogP contribution in [0.3, 0.4) is 0 Å². The van der Waals surface area contributed by atoms with Crippen molar-refractivity contribution in [1.82, 2.24) is 20.1 Å². The molecule has 0 spiro atoms. The lowest BCUT2D eigenvalue weighted by atomic mass is 10.1. The summed E-state index contributed by atoms with van der Waals surface area (Å²) in [6.45, 7) is 2.02. The van der Waals surface area contributed by atoms with Crippen LogP contribution in [0.5, 0.6) is 0 Å². The molecule has 2 amide bonds. The summed E-state index contributed by atoms with van der Waals surface area (Å²) in [5.74, 6) is -0.792. The van der Waals surface area contributed by atoms with Gasteiger partial charge >= 0.3 is 6.03 Å². The van der Waals surface area contributed by atoms with Crippen LogP contribution in [0.4, 0.5) is 19.3 Å². The van der Waals surface area contributed by atoms with Crippen LogP contribution >= 0.6 is 11.8 Å². The van der Waals surface area contributed by atoms with Crippen molar-refractivity contribution in [2.24, 2.45) is 0 Å². The van der Waals surface area contributed by atoms with Gasteiger partial charge in [-0.2, -0.15) is 0 Å². The van der Waals surface area contributed by atoms with Gasteiger partial charge in [-0.15, -0.1) is 10.2 Å². The molecule has 0 aliphatic heterocycles. The molecule has 0 aliphatic rings. The molecule has 0 saturated heterocycles. The van der Waals surface area contributed by atoms with Crippen molar-refractivity contribution >= 4 is 23.5 Å². The Bertz CT molecular complexity index is 1580. The molecule has 1 atom stereocenters. The van der Waals surface area contributed by atoms with Gasteiger partial charge in [0.15, 0.2) is 22.6 Å². The lowest BCUT2D eigenvalue weighted by Gasteiger charge is -2.21. The highest BCUT2D eigenvalue weighted by molar-refractivity contribution is 7.98. The number of carbonyl (C=O) groups excluding carboxylic acids is 1. The van der Waals surface area contributed by atoms with Gasteiger partial charge in [0.2, 0.25) is 0 Å². The van der Waals surface area contributed by atoms with Crippen molar-refractivity contribution in [3.63, 3.8) is 0 Å². The third kappa shape index (κ3) is 6.73. The fourth-order valence-electron chi connectivity index (χ4n) is 4.22. The number of carbonyl (C=O) groups is 1. The summed E-state index contributed by atoms with van der Waals surface area (Å²) in [5.41, 5.74) is 4.24. The zero-order chi connectivity index (χ0) is 27.9. The standard InChI is InChI=1S/C31H27F2N5OS/c1-21-12-15-25(16-13-21)38-29(36-37-31(38)40-20-23-10-6-3-7-11-23)28(18-22-8-4-2-5-9-22)35-30(39)34-24-14-17-26(32)27(33)19-24/h2-17,19,28H,18,20H2,1H3,(H2,34,35,39). The zero-order valence-electron chi connectivity index (χ0n) is 21.7. The average molecular weight is 556 g/mol. The lowest BCUT2D eigenvalue weighted by molar-refractivity contribution is 0.247. The number of thioether (sulfide) groups is 1. The summed E-state index contributed by atoms with van der Waals surface area (Å²) in [6, 6.07) is 29.9. The molecule has 5 rings (SSSR count). The van der Waals surface area contributed by atoms with Crippen molar-refractivity contribution in [3.8, 4) is 5.69 Å². The van der Waals surface area contributed by atoms with Gasteiger partial charge in [0.1, 0.15) is 0 Å². The van der Waals surface area contributed by atoms with Crippen molar-refractivity contribution in [3.05, 3.63) is 137 Å². The first kappa shape index (κ1) is 27.1. The van der Waals surface area contributed by atoms with Crippen molar-refractivity contribution in [2.45, 2.75) is 30.3 Å². The summed E-state index contributed by atoms with van der Waals surface area (Å²) in [7, 11) is 0. The van der Waals surface area contributed by atoms with Crippen LogP contribution in [0, 0.1) is 18.6 Å². The minimum atomic E-state index is -1.04. The topological polar surface area (TPSA) is 71.8 Å². The third-order valence-electron chi connectivity index (χ3n) is 6.24. The molecule has 40 heavy (non-hydrogen) atoms. The van der Waals surface area contributed by atoms with E-state index in [1.807, 2.05) is 84.3 Å². The molecule has 0 radical (unpaired) electrons. The highest BCUT2D eigenvalue weighted by atomic mass is 32.2. The molecule has 6 nitrogen and oxygen atoms in total. The molecule has 0 saturated carbocycles. The van der Waals surface area contributed by atoms with Gasteiger partial charge in [-0.1, -0.05) is 90.1 Å². The Morgan fingerprint density at radius 3 is 2.20 bits per heavy atom. The first-order valence-corrected chi connectivity index (χ1v) is 13.7. The van der Waals surface area contributed by atoms with E-state index in [0.29, 0.717) is 23.2 Å². The van der Waals surface area contributed by atoms with Crippen molar-refractivity contribution < 1.29 is 13.6 Å². The predicted octanol–water partition coefficient (Wildman–Crippen LogP) is 7.25. The number of nitrogens with zero attached hydrogens (tertiary/aromatic N) is 3. The molecule has 5 aromatic rings. The quantitative estimate of drug-likeness (QED) is 0.188. The van der Waals surface area contributed by atoms with Crippen LogP contribution in [0.1, 0.15) is 28.6 Å². The number of hydrogen-bond acceptors (Lipinski definition) is 4. The van der Waals surface area contributed by atoms with E-state index in [1.165, 1.54) is 6.07 Å². The Morgan fingerprint density at radius 1 is 0.850 bits per heavy atom. The van der Waals surface area contributed by atoms with Crippen LogP contribution in [0.15, 0.2) is 108 Å². The van der Waals surface area contributed by atoms with E-state index >= 15 is 0 Å². The van der Waals surface area contributed by atoms with E-state index in [1.54, 1.807) is 11.8 Å². The van der Waals surface area contributed by atoms with Crippen molar-refractivity contribution in [1.29, 1.82) is 0 Å². The first-order chi connectivity index (χ1) is 19.5. The number of aryl methyl sites for hydroxylation is 1. The highest BCUT2D eigenvalue weighted by Gasteiger charge is 2.25. The molecular weight excluding hydrogens is 528 g/mol. The predicted molar refractivity (Wildman–Crippen MR) is 153 cm³/mol. The number of anilines is 1. The third-order valence-corrected chi connectivity index (χ3v) is 7.24. The second-order valence-electron chi connectivity index (χ2n) is 9.26. The second-order valence-corrected chi connectivity index (χ2v) is 10.2. The largest absolute Gasteiger partial charge is 0.327 e. The maximum absolute atomic E-state index is 13.7. The van der Waals surface area contributed by atoms with Crippen LogP contribution in [-0.4, -0.2) is 20.8 Å². The van der Waals surface area contributed by atoms with E-state index in [0.717, 1.165) is 34.5 Å². The Labute approximate surface area is 235 Å². The summed E-state index contributed by atoms with van der Waals surface area (Å²) in [5, 5.41) is 15.3. The minimum absolute atomic E-state index is 0.133. The van der Waals surface area contributed by atoms with Crippen LogP contribution in [0.25, 0.3) is 5.69 Å². The molecule has 1 heterocycles. The van der Waals surface area contributed by atoms with Crippen molar-refractivity contribution in [2.75, 3.05) is 5.32 Å². The van der Waals surface area contributed by atoms with Crippen LogP contribution in [-0.2, 0) is 12.2 Å². The summed E-state index contributed by atoms with van der Waals surface area (Å²) in [6.07, 6.45) is 0.430. The van der Waals surface area contributed by atoms with Gasteiger partial charge in [0.05, 0.1) is 6.04 Å². The number of halogens is 2. The Kier molecular flexibility index (Phi) is 8.51. The maximum atomic E-state index is 13.7. The normalized spacial score (nSPS) is 11.7. The van der Waals surface area contributed by atoms with Crippen LogP contribution < -0.4 is 10.6 Å². The number of urea groups is 1. The molecule has 2 N–H and O–H groups in total. The van der Waals surface area contributed by atoms with Gasteiger partial charge in [-0.05, 0) is 42.3 Å². The number of amides is 2. The maximum Gasteiger partial charge on any atom is 0.319 e. The highest BCUT2D eigenvalue weighted by Crippen LogP contribution is 2.29. The number of rotatable bonds is 9. The molecule has 202 valence electrons. The van der Waals surface area contributed by atoms with E-state index in [-0.39, 0.29) is 5.69 Å². The van der Waals surface area contributed by atoms with Crippen LogP contribution in [0.2, 0.25) is 0 Å². The van der Waals surface area contributed by atoms with Gasteiger partial charge in [-0.3, -0.25) is 4.57 Å². The SMILES string of the molecule is Cc1ccc(-n2c(SCc3ccccc3)nnc2C(Cc2ccccc2)NC(=O)Nc2ccc(F)c(F)c2)cc1. The molecule has 4 aromatic carbocycles. The number of aromatic nitrogens is 3. The fourth-order valence-corrected chi connectivity index (χ4v) is 5.13. The number of benzene rings is 4. The fraction of sp³-hybridized carbons (Fsp3) is 0.129. The lowest BCUT2D eigenvalue weighted by Crippen LogP contribution is -2.35. The molecule has 9 heteroatoms. The first-order valence-electron chi connectivity index (χ1n) is 12.7. The molecule has 0 aliphatic carbocycles. The number of hydrogen-bond donors (Lipinski definition) is 2. The molecule has 0 bridgehead atoms. The number of nitrogens with one attached hydrogen (secondary N) is 2. The smallest absolute Gasteiger partial charge is 0.319 e. The molecular formula is C31H27F2N5OS. The monoisotopic (exact) mass is 555 g/mol. The Hall–Kier alpha value is -4.50. The molecule has 1 unspecified atom stereocenters. The van der Waals surface area contributed by atoms with Gasteiger partial charge in [0.25, 0.3) is 0 Å². The summed E-state index contributed by atoms with van der Waals surface area (Å²) >= 11 is 1.55. The summed E-state index contributed by atoms with van der Waals surface area (Å²) < 4.78 is 29.1. The Morgan fingerprint density at radius 2 is 1.52 bits per heavy atom. The minimum Gasteiger partial charge on any atom is -0.327 e. The summed E-state index contributed by atoms with van der Waals surface area (Å²) in [4.78, 5) is 13.1. The van der Waals surface area contributed by atoms with E-state index in [9.17, 15) is 13.6 Å². The van der Waals surface area contributed by atoms with E-state index in [2.05, 4.69) is 33.0 Å². The van der Waals surface area contributed by atoms with Gasteiger partial charge < -0.3 is 10.6 Å². The molecule has 0 fully saturated rings. The zero-order valence-corrected chi connectivity index (χ0v) is 22.5. The Balaban J connectivity index is 1.49. The van der Waals surface area contributed by atoms with E-state index < -0.39 is 23.7 Å². The second kappa shape index (κ2) is 12.6.